The number of aryl methyl sites for hydroxylation is 2. The molecule has 0 aliphatic heterocycles. The van der Waals surface area contributed by atoms with Gasteiger partial charge in [-0.2, -0.15) is 5.10 Å². The molecule has 110 valence electrons. The Morgan fingerprint density at radius 2 is 1.95 bits per heavy atom. The number of fused-ring (bicyclic) bond motifs is 1. The Hall–Kier alpha value is -1.10. The van der Waals surface area contributed by atoms with Crippen molar-refractivity contribution < 1.29 is 0 Å². The van der Waals surface area contributed by atoms with E-state index in [-0.39, 0.29) is 0 Å². The Kier molecular flexibility index (Phi) is 3.71. The van der Waals surface area contributed by atoms with Crippen LogP contribution in [0, 0.1) is 17.6 Å². The average molecular weight is 292 g/mol. The molecule has 5 heteroatoms. The van der Waals surface area contributed by atoms with Gasteiger partial charge in [-0.25, -0.2) is 4.68 Å². The minimum absolute atomic E-state index is 0.542. The van der Waals surface area contributed by atoms with E-state index < -0.39 is 0 Å². The smallest absolute Gasteiger partial charge is 0.179 e. The molecule has 2 aromatic rings. The molecule has 0 unspecified atom stereocenters. The number of hydrogen-bond acceptors (Lipinski definition) is 2. The molecular weight excluding hydrogens is 268 g/mol. The summed E-state index contributed by atoms with van der Waals surface area (Å²) in [4.78, 5) is 3.37. The van der Waals surface area contributed by atoms with E-state index in [1.165, 1.54) is 37.8 Å². The number of rotatable bonds is 3. The molecule has 1 N–H and O–H groups in total. The van der Waals surface area contributed by atoms with Crippen LogP contribution in [0.4, 0.5) is 0 Å². The van der Waals surface area contributed by atoms with E-state index in [4.69, 9.17) is 12.2 Å². The van der Waals surface area contributed by atoms with Crippen molar-refractivity contribution in [3.63, 3.8) is 0 Å². The van der Waals surface area contributed by atoms with Gasteiger partial charge in [-0.1, -0.05) is 13.3 Å². The fourth-order valence-electron chi connectivity index (χ4n) is 3.59. The zero-order chi connectivity index (χ0) is 14.3. The zero-order valence-corrected chi connectivity index (χ0v) is 13.5. The first-order chi connectivity index (χ1) is 9.65. The van der Waals surface area contributed by atoms with E-state index in [9.17, 15) is 0 Å². The lowest BCUT2D eigenvalue weighted by molar-refractivity contribution is 0.270. The lowest BCUT2D eigenvalue weighted by Crippen LogP contribution is -2.19. The molecule has 0 spiro atoms. The van der Waals surface area contributed by atoms with Crippen LogP contribution >= 0.6 is 12.2 Å². The number of aromatic amines is 1. The van der Waals surface area contributed by atoms with Crippen LogP contribution in [0.5, 0.6) is 0 Å². The summed E-state index contributed by atoms with van der Waals surface area (Å²) in [6.07, 6.45) is 6.46. The van der Waals surface area contributed by atoms with Crippen molar-refractivity contribution >= 4 is 23.4 Å². The third kappa shape index (κ3) is 2.12. The highest BCUT2D eigenvalue weighted by Gasteiger charge is 2.25. The first kappa shape index (κ1) is 13.9. The standard InChI is InChI=1S/C15H24N4S/c1-4-11-6-8-12(9-7-11)19-14-13(16-15(19)20)10(3)17-18(14)5-2/h11-12H,4-9H2,1-3H3,(H,16,20). The van der Waals surface area contributed by atoms with Gasteiger partial charge in [0.2, 0.25) is 0 Å². The van der Waals surface area contributed by atoms with Gasteiger partial charge in [0.05, 0.1) is 5.69 Å². The van der Waals surface area contributed by atoms with Gasteiger partial charge in [0.15, 0.2) is 10.4 Å². The monoisotopic (exact) mass is 292 g/mol. The molecule has 2 heterocycles. The van der Waals surface area contributed by atoms with Gasteiger partial charge in [-0.05, 0) is 57.7 Å². The Bertz CT molecular complexity index is 655. The lowest BCUT2D eigenvalue weighted by Gasteiger charge is -2.29. The molecule has 1 aliphatic carbocycles. The molecule has 3 rings (SSSR count). The quantitative estimate of drug-likeness (QED) is 0.853. The largest absolute Gasteiger partial charge is 0.328 e. The van der Waals surface area contributed by atoms with Gasteiger partial charge >= 0.3 is 0 Å². The van der Waals surface area contributed by atoms with Crippen LogP contribution in [-0.2, 0) is 6.54 Å². The maximum atomic E-state index is 5.58. The normalized spacial score (nSPS) is 23.6. The molecule has 0 saturated heterocycles. The third-order valence-electron chi connectivity index (χ3n) is 4.84. The maximum Gasteiger partial charge on any atom is 0.179 e. The highest BCUT2D eigenvalue weighted by molar-refractivity contribution is 7.71. The van der Waals surface area contributed by atoms with Gasteiger partial charge in [-0.3, -0.25) is 4.57 Å². The predicted molar refractivity (Wildman–Crippen MR) is 84.6 cm³/mol. The number of nitrogens with one attached hydrogen (secondary N) is 1. The van der Waals surface area contributed by atoms with Crippen molar-refractivity contribution in [1.29, 1.82) is 0 Å². The predicted octanol–water partition coefficient (Wildman–Crippen LogP) is 4.37. The van der Waals surface area contributed by atoms with Crippen molar-refractivity contribution in [3.05, 3.63) is 10.5 Å². The van der Waals surface area contributed by atoms with Gasteiger partial charge in [-0.15, -0.1) is 0 Å². The van der Waals surface area contributed by atoms with Crippen LogP contribution < -0.4 is 0 Å². The molecule has 1 saturated carbocycles. The minimum atomic E-state index is 0.542. The number of H-pyrrole nitrogens is 1. The van der Waals surface area contributed by atoms with Crippen molar-refractivity contribution in [2.75, 3.05) is 0 Å². The summed E-state index contributed by atoms with van der Waals surface area (Å²) < 4.78 is 5.28. The SMILES string of the molecule is CCC1CCC(n2c(=S)[nH]c3c(C)nn(CC)c32)CC1. The second kappa shape index (κ2) is 5.35. The van der Waals surface area contributed by atoms with E-state index in [0.29, 0.717) is 6.04 Å². The van der Waals surface area contributed by atoms with E-state index >= 15 is 0 Å². The highest BCUT2D eigenvalue weighted by atomic mass is 32.1. The maximum absolute atomic E-state index is 5.58. The van der Waals surface area contributed by atoms with Crippen LogP contribution in [0.1, 0.15) is 57.7 Å². The van der Waals surface area contributed by atoms with Gasteiger partial charge in [0, 0.05) is 12.6 Å². The van der Waals surface area contributed by atoms with E-state index in [1.807, 2.05) is 0 Å². The first-order valence-corrected chi connectivity index (χ1v) is 8.24. The topological polar surface area (TPSA) is 38.5 Å². The van der Waals surface area contributed by atoms with E-state index in [2.05, 4.69) is 40.1 Å². The first-order valence-electron chi connectivity index (χ1n) is 7.83. The lowest BCUT2D eigenvalue weighted by atomic mass is 9.84. The zero-order valence-electron chi connectivity index (χ0n) is 12.6. The molecule has 1 aliphatic rings. The Morgan fingerprint density at radius 3 is 2.55 bits per heavy atom. The summed E-state index contributed by atoms with van der Waals surface area (Å²) in [6, 6.07) is 0.542. The molecule has 0 radical (unpaired) electrons. The summed E-state index contributed by atoms with van der Waals surface area (Å²) >= 11 is 5.58. The average Bonchev–Trinajstić information content (AvgIpc) is 2.96. The molecule has 20 heavy (non-hydrogen) atoms. The second-order valence-electron chi connectivity index (χ2n) is 5.98. The van der Waals surface area contributed by atoms with Crippen molar-refractivity contribution in [2.24, 2.45) is 5.92 Å². The summed E-state index contributed by atoms with van der Waals surface area (Å²) in [5.74, 6) is 0.910. The minimum Gasteiger partial charge on any atom is -0.328 e. The molecule has 1 fully saturated rings. The second-order valence-corrected chi connectivity index (χ2v) is 6.37. The van der Waals surface area contributed by atoms with Gasteiger partial charge in [0.25, 0.3) is 0 Å². The van der Waals surface area contributed by atoms with E-state index in [1.54, 1.807) is 0 Å². The number of hydrogen-bond donors (Lipinski definition) is 1. The number of imidazole rings is 1. The van der Waals surface area contributed by atoms with Crippen LogP contribution in [0.2, 0.25) is 0 Å². The van der Waals surface area contributed by atoms with Crippen molar-refractivity contribution in [1.82, 2.24) is 19.3 Å². The van der Waals surface area contributed by atoms with Crippen LogP contribution in [0.25, 0.3) is 11.2 Å². The number of aromatic nitrogens is 4. The fraction of sp³-hybridized carbons (Fsp3) is 0.733. The summed E-state index contributed by atoms with van der Waals surface area (Å²) in [5, 5.41) is 4.61. The molecule has 0 aromatic carbocycles. The highest BCUT2D eigenvalue weighted by Crippen LogP contribution is 2.36. The van der Waals surface area contributed by atoms with Gasteiger partial charge in [0.1, 0.15) is 5.52 Å². The van der Waals surface area contributed by atoms with Crippen molar-refractivity contribution in [2.45, 2.75) is 65.5 Å². The number of nitrogens with zero attached hydrogens (tertiary/aromatic N) is 3. The summed E-state index contributed by atoms with van der Waals surface area (Å²) in [7, 11) is 0. The molecule has 4 nitrogen and oxygen atoms in total. The third-order valence-corrected chi connectivity index (χ3v) is 5.14. The Balaban J connectivity index is 2.03. The Morgan fingerprint density at radius 1 is 1.25 bits per heavy atom. The van der Waals surface area contributed by atoms with Crippen molar-refractivity contribution in [3.8, 4) is 0 Å². The van der Waals surface area contributed by atoms with Gasteiger partial charge < -0.3 is 4.98 Å². The summed E-state index contributed by atoms with van der Waals surface area (Å²) in [6.45, 7) is 7.39. The molecule has 2 aromatic heterocycles. The molecule has 0 bridgehead atoms. The summed E-state index contributed by atoms with van der Waals surface area (Å²) in [5.41, 5.74) is 3.36. The molecule has 0 amide bonds. The van der Waals surface area contributed by atoms with Crippen LogP contribution in [0.15, 0.2) is 0 Å². The molecular formula is C15H24N4S. The molecule has 0 atom stereocenters. The van der Waals surface area contributed by atoms with Crippen LogP contribution in [0.3, 0.4) is 0 Å². The fourth-order valence-corrected chi connectivity index (χ4v) is 3.93. The Labute approximate surface area is 125 Å². The van der Waals surface area contributed by atoms with E-state index in [0.717, 1.165) is 28.4 Å². The van der Waals surface area contributed by atoms with Crippen LogP contribution in [-0.4, -0.2) is 19.3 Å².